The SMILES string of the molecule is COc1ccc(/C=C/C(=O)CS(=O)(=O)c2cc3ccccc3[nH]c2=O)cc1. The van der Waals surface area contributed by atoms with Crippen molar-refractivity contribution in [2.45, 2.75) is 4.90 Å². The van der Waals surface area contributed by atoms with Crippen molar-refractivity contribution >= 4 is 32.6 Å². The Morgan fingerprint density at radius 1 is 1.11 bits per heavy atom. The highest BCUT2D eigenvalue weighted by molar-refractivity contribution is 7.92. The van der Waals surface area contributed by atoms with Gasteiger partial charge in [0.15, 0.2) is 15.6 Å². The van der Waals surface area contributed by atoms with E-state index in [0.29, 0.717) is 16.7 Å². The zero-order chi connectivity index (χ0) is 19.4. The van der Waals surface area contributed by atoms with Gasteiger partial charge in [-0.15, -0.1) is 0 Å². The van der Waals surface area contributed by atoms with E-state index in [1.54, 1.807) is 55.6 Å². The number of para-hydroxylation sites is 1. The van der Waals surface area contributed by atoms with Gasteiger partial charge in [-0.2, -0.15) is 0 Å². The summed E-state index contributed by atoms with van der Waals surface area (Å²) in [5.41, 5.74) is 0.526. The molecular formula is C20H17NO5S. The van der Waals surface area contributed by atoms with Gasteiger partial charge in [-0.25, -0.2) is 8.42 Å². The monoisotopic (exact) mass is 383 g/mol. The summed E-state index contributed by atoms with van der Waals surface area (Å²) in [6.45, 7) is 0. The molecule has 0 saturated carbocycles. The third-order valence-electron chi connectivity index (χ3n) is 3.96. The van der Waals surface area contributed by atoms with E-state index < -0.39 is 31.8 Å². The molecule has 7 heteroatoms. The van der Waals surface area contributed by atoms with E-state index in [0.717, 1.165) is 5.56 Å². The normalized spacial score (nSPS) is 11.7. The molecule has 0 bridgehead atoms. The molecule has 3 rings (SSSR count). The number of pyridine rings is 1. The Morgan fingerprint density at radius 2 is 1.81 bits per heavy atom. The Morgan fingerprint density at radius 3 is 2.52 bits per heavy atom. The summed E-state index contributed by atoms with van der Waals surface area (Å²) in [6.07, 6.45) is 2.70. The molecule has 1 heterocycles. The summed E-state index contributed by atoms with van der Waals surface area (Å²) < 4.78 is 30.1. The number of benzene rings is 2. The average molecular weight is 383 g/mol. The molecule has 0 atom stereocenters. The number of hydrogen-bond donors (Lipinski definition) is 1. The number of allylic oxidation sites excluding steroid dienone is 1. The number of hydrogen-bond acceptors (Lipinski definition) is 5. The Hall–Kier alpha value is -3.19. The molecule has 1 aromatic heterocycles. The number of fused-ring (bicyclic) bond motifs is 1. The van der Waals surface area contributed by atoms with Crippen molar-refractivity contribution in [1.29, 1.82) is 0 Å². The van der Waals surface area contributed by atoms with E-state index in [-0.39, 0.29) is 0 Å². The molecule has 27 heavy (non-hydrogen) atoms. The third-order valence-corrected chi connectivity index (χ3v) is 5.60. The number of nitrogens with one attached hydrogen (secondary N) is 1. The van der Waals surface area contributed by atoms with Crippen LogP contribution >= 0.6 is 0 Å². The summed E-state index contributed by atoms with van der Waals surface area (Å²) in [5.74, 6) is -0.712. The van der Waals surface area contributed by atoms with Crippen LogP contribution in [-0.2, 0) is 14.6 Å². The van der Waals surface area contributed by atoms with Crippen molar-refractivity contribution < 1.29 is 17.9 Å². The standard InChI is InChI=1S/C20H17NO5S/c1-26-17-10-7-14(8-11-17)6-9-16(22)13-27(24,25)19-12-15-4-2-3-5-18(15)21-20(19)23/h2-12H,13H2,1H3,(H,21,23)/b9-6+. The van der Waals surface area contributed by atoms with Crippen molar-refractivity contribution in [1.82, 2.24) is 4.98 Å². The van der Waals surface area contributed by atoms with Crippen LogP contribution in [0.1, 0.15) is 5.56 Å². The topological polar surface area (TPSA) is 93.3 Å². The lowest BCUT2D eigenvalue weighted by molar-refractivity contribution is -0.112. The quantitative estimate of drug-likeness (QED) is 0.661. The molecule has 6 nitrogen and oxygen atoms in total. The molecule has 0 aliphatic rings. The lowest BCUT2D eigenvalue weighted by Gasteiger charge is -2.04. The zero-order valence-corrected chi connectivity index (χ0v) is 15.3. The van der Waals surface area contributed by atoms with Crippen LogP contribution in [0.5, 0.6) is 5.75 Å². The highest BCUT2D eigenvalue weighted by atomic mass is 32.2. The molecular weight excluding hydrogens is 366 g/mol. The fourth-order valence-corrected chi connectivity index (χ4v) is 3.84. The van der Waals surface area contributed by atoms with Gasteiger partial charge in [0.1, 0.15) is 16.4 Å². The summed E-state index contributed by atoms with van der Waals surface area (Å²) in [6, 6.07) is 15.1. The van der Waals surface area contributed by atoms with Crippen LogP contribution in [0.25, 0.3) is 17.0 Å². The predicted molar refractivity (Wildman–Crippen MR) is 104 cm³/mol. The second-order valence-electron chi connectivity index (χ2n) is 5.88. The van der Waals surface area contributed by atoms with E-state index >= 15 is 0 Å². The fourth-order valence-electron chi connectivity index (χ4n) is 2.58. The maximum atomic E-state index is 12.5. The number of ether oxygens (including phenoxy) is 1. The van der Waals surface area contributed by atoms with Crippen molar-refractivity contribution in [2.24, 2.45) is 0 Å². The first-order chi connectivity index (χ1) is 12.9. The molecule has 0 amide bonds. The predicted octanol–water partition coefficient (Wildman–Crippen LogP) is 2.59. The number of aromatic amines is 1. The first-order valence-electron chi connectivity index (χ1n) is 8.09. The Kier molecular flexibility index (Phi) is 5.23. The number of carbonyl (C=O) groups excluding carboxylic acids is 1. The number of rotatable bonds is 6. The lowest BCUT2D eigenvalue weighted by atomic mass is 10.2. The van der Waals surface area contributed by atoms with Crippen LogP contribution in [-0.4, -0.2) is 32.0 Å². The van der Waals surface area contributed by atoms with Gasteiger partial charge in [0.2, 0.25) is 0 Å². The van der Waals surface area contributed by atoms with Crippen LogP contribution in [0, 0.1) is 0 Å². The maximum Gasteiger partial charge on any atom is 0.267 e. The van der Waals surface area contributed by atoms with Crippen LogP contribution in [0.2, 0.25) is 0 Å². The minimum Gasteiger partial charge on any atom is -0.497 e. The number of methoxy groups -OCH3 is 1. The Bertz CT molecular complexity index is 1170. The number of carbonyl (C=O) groups is 1. The Labute approximate surface area is 156 Å². The lowest BCUT2D eigenvalue weighted by Crippen LogP contribution is -2.22. The van der Waals surface area contributed by atoms with Crippen LogP contribution in [0.4, 0.5) is 0 Å². The second-order valence-corrected chi connectivity index (χ2v) is 7.84. The minimum absolute atomic E-state index is 0.410. The maximum absolute atomic E-state index is 12.5. The van der Waals surface area contributed by atoms with E-state index in [1.165, 1.54) is 18.2 Å². The summed E-state index contributed by atoms with van der Waals surface area (Å²) in [7, 11) is -2.51. The number of H-pyrrole nitrogens is 1. The van der Waals surface area contributed by atoms with E-state index in [1.807, 2.05) is 0 Å². The van der Waals surface area contributed by atoms with Gasteiger partial charge >= 0.3 is 0 Å². The molecule has 1 N–H and O–H groups in total. The highest BCUT2D eigenvalue weighted by Crippen LogP contribution is 2.15. The van der Waals surface area contributed by atoms with Crippen molar-refractivity contribution in [3.63, 3.8) is 0 Å². The highest BCUT2D eigenvalue weighted by Gasteiger charge is 2.22. The van der Waals surface area contributed by atoms with Gasteiger partial charge in [-0.1, -0.05) is 36.4 Å². The van der Waals surface area contributed by atoms with Crippen molar-refractivity contribution in [2.75, 3.05) is 12.9 Å². The summed E-state index contributed by atoms with van der Waals surface area (Å²) in [4.78, 5) is 26.3. The van der Waals surface area contributed by atoms with Crippen LogP contribution in [0.3, 0.4) is 0 Å². The number of sulfone groups is 1. The first-order valence-corrected chi connectivity index (χ1v) is 9.74. The Balaban J connectivity index is 1.81. The van der Waals surface area contributed by atoms with E-state index in [4.69, 9.17) is 4.74 Å². The molecule has 138 valence electrons. The van der Waals surface area contributed by atoms with E-state index in [2.05, 4.69) is 4.98 Å². The zero-order valence-electron chi connectivity index (χ0n) is 14.5. The van der Waals surface area contributed by atoms with Gasteiger partial charge in [-0.05, 0) is 41.3 Å². The summed E-state index contributed by atoms with van der Waals surface area (Å²) >= 11 is 0. The first kappa shape index (κ1) is 18.6. The smallest absolute Gasteiger partial charge is 0.267 e. The fraction of sp³-hybridized carbons (Fsp3) is 0.100. The van der Waals surface area contributed by atoms with Gasteiger partial charge in [0.25, 0.3) is 5.56 Å². The molecule has 0 spiro atoms. The van der Waals surface area contributed by atoms with Gasteiger partial charge in [0.05, 0.1) is 7.11 Å². The molecule has 0 aliphatic heterocycles. The van der Waals surface area contributed by atoms with Gasteiger partial charge in [-0.3, -0.25) is 9.59 Å². The average Bonchev–Trinajstić information content (AvgIpc) is 2.65. The molecule has 0 radical (unpaired) electrons. The second kappa shape index (κ2) is 7.59. The van der Waals surface area contributed by atoms with Crippen LogP contribution < -0.4 is 10.3 Å². The number of aromatic nitrogens is 1. The molecule has 0 aliphatic carbocycles. The van der Waals surface area contributed by atoms with Gasteiger partial charge in [0, 0.05) is 5.52 Å². The minimum atomic E-state index is -4.06. The largest absolute Gasteiger partial charge is 0.497 e. The molecule has 0 fully saturated rings. The van der Waals surface area contributed by atoms with Crippen molar-refractivity contribution in [3.8, 4) is 5.75 Å². The molecule has 3 aromatic rings. The summed E-state index contributed by atoms with van der Waals surface area (Å²) in [5, 5.41) is 0.580. The van der Waals surface area contributed by atoms with Gasteiger partial charge < -0.3 is 9.72 Å². The molecule has 2 aromatic carbocycles. The number of ketones is 1. The molecule has 0 saturated heterocycles. The third kappa shape index (κ3) is 4.32. The van der Waals surface area contributed by atoms with E-state index in [9.17, 15) is 18.0 Å². The van der Waals surface area contributed by atoms with Crippen molar-refractivity contribution in [3.05, 3.63) is 76.6 Å². The van der Waals surface area contributed by atoms with Crippen LogP contribution in [0.15, 0.2) is 70.4 Å². The molecule has 0 unspecified atom stereocenters.